The lowest BCUT2D eigenvalue weighted by atomic mass is 9.82. The van der Waals surface area contributed by atoms with Gasteiger partial charge in [0, 0.05) is 22.6 Å². The number of carbonyl (C=O) groups excluding carboxylic acids is 1. The van der Waals surface area contributed by atoms with Gasteiger partial charge in [0.05, 0.1) is 0 Å². The highest BCUT2D eigenvalue weighted by Crippen LogP contribution is 2.38. The number of hydrogen-bond acceptors (Lipinski definition) is 2. The molecule has 1 aliphatic rings. The van der Waals surface area contributed by atoms with Crippen molar-refractivity contribution in [1.29, 1.82) is 0 Å². The lowest BCUT2D eigenvalue weighted by Crippen LogP contribution is -2.09. The Morgan fingerprint density at radius 3 is 2.93 bits per heavy atom. The zero-order valence-electron chi connectivity index (χ0n) is 8.36. The number of aromatic amines is 1. The topological polar surface area (TPSA) is 45.8 Å². The highest BCUT2D eigenvalue weighted by molar-refractivity contribution is 5.96. The average molecular weight is 200 g/mol. The Morgan fingerprint density at radius 2 is 2.27 bits per heavy atom. The number of aldehydes is 1. The Kier molecular flexibility index (Phi) is 1.84. The van der Waals surface area contributed by atoms with Gasteiger partial charge in [0.15, 0.2) is 6.29 Å². The van der Waals surface area contributed by atoms with E-state index in [4.69, 9.17) is 0 Å². The predicted octanol–water partition coefficient (Wildman–Crippen LogP) is 2.64. The molecule has 0 saturated heterocycles. The van der Waals surface area contributed by atoms with Crippen LogP contribution in [0.15, 0.2) is 18.2 Å². The van der Waals surface area contributed by atoms with Gasteiger partial charge in [-0.15, -0.1) is 0 Å². The number of nitrogens with one attached hydrogen (secondary N) is 1. The molecule has 1 N–H and O–H groups in total. The van der Waals surface area contributed by atoms with Crippen LogP contribution in [0.3, 0.4) is 0 Å². The van der Waals surface area contributed by atoms with Crippen molar-refractivity contribution in [1.82, 2.24) is 10.2 Å². The Labute approximate surface area is 87.5 Å². The number of rotatable bonds is 2. The van der Waals surface area contributed by atoms with Crippen LogP contribution in [0, 0.1) is 0 Å². The zero-order chi connectivity index (χ0) is 10.3. The number of fused-ring (bicyclic) bond motifs is 1. The van der Waals surface area contributed by atoms with Gasteiger partial charge in [-0.2, -0.15) is 5.10 Å². The predicted molar refractivity (Wildman–Crippen MR) is 58.1 cm³/mol. The number of benzene rings is 1. The Bertz CT molecular complexity index is 511. The summed E-state index contributed by atoms with van der Waals surface area (Å²) >= 11 is 0. The fourth-order valence-electron chi connectivity index (χ4n) is 2.18. The van der Waals surface area contributed by atoms with Crippen molar-refractivity contribution in [3.8, 4) is 0 Å². The minimum atomic E-state index is 0.622. The standard InChI is InChI=1S/C12H12N2O/c15-7-9-5-2-6-10-11(8-3-1-4-8)13-14-12(9)10/h2,5-8H,1,3-4H2,(H,13,14). The van der Waals surface area contributed by atoms with E-state index in [1.54, 1.807) is 6.07 Å². The number of aromatic nitrogens is 2. The molecule has 15 heavy (non-hydrogen) atoms. The second kappa shape index (κ2) is 3.19. The number of nitrogens with zero attached hydrogens (tertiary/aromatic N) is 1. The molecule has 1 aromatic carbocycles. The quantitative estimate of drug-likeness (QED) is 0.757. The first kappa shape index (κ1) is 8.65. The molecule has 1 saturated carbocycles. The third-order valence-electron chi connectivity index (χ3n) is 3.29. The lowest BCUT2D eigenvalue weighted by molar-refractivity contribution is 0.112. The van der Waals surface area contributed by atoms with Gasteiger partial charge in [-0.3, -0.25) is 9.89 Å². The molecule has 0 amide bonds. The van der Waals surface area contributed by atoms with Gasteiger partial charge in [-0.25, -0.2) is 0 Å². The van der Waals surface area contributed by atoms with Gasteiger partial charge in [0.1, 0.15) is 5.52 Å². The molecule has 3 rings (SSSR count). The van der Waals surface area contributed by atoms with Crippen molar-refractivity contribution in [3.63, 3.8) is 0 Å². The maximum Gasteiger partial charge on any atom is 0.152 e. The van der Waals surface area contributed by atoms with Crippen LogP contribution in [-0.4, -0.2) is 16.5 Å². The van der Waals surface area contributed by atoms with Crippen molar-refractivity contribution < 1.29 is 4.79 Å². The van der Waals surface area contributed by atoms with E-state index in [9.17, 15) is 4.79 Å². The molecule has 0 spiro atoms. The molecule has 76 valence electrons. The molecule has 3 nitrogen and oxygen atoms in total. The summed E-state index contributed by atoms with van der Waals surface area (Å²) in [4.78, 5) is 10.8. The Morgan fingerprint density at radius 1 is 1.40 bits per heavy atom. The summed E-state index contributed by atoms with van der Waals surface area (Å²) in [5.74, 6) is 0.622. The van der Waals surface area contributed by atoms with Crippen LogP contribution in [-0.2, 0) is 0 Å². The highest BCUT2D eigenvalue weighted by atomic mass is 16.1. The van der Waals surface area contributed by atoms with E-state index in [1.807, 2.05) is 12.1 Å². The molecule has 1 heterocycles. The monoisotopic (exact) mass is 200 g/mol. The fourth-order valence-corrected chi connectivity index (χ4v) is 2.18. The van der Waals surface area contributed by atoms with Crippen LogP contribution < -0.4 is 0 Å². The van der Waals surface area contributed by atoms with Gasteiger partial charge >= 0.3 is 0 Å². The van der Waals surface area contributed by atoms with E-state index in [-0.39, 0.29) is 0 Å². The molecular weight excluding hydrogens is 188 g/mol. The SMILES string of the molecule is O=Cc1cccc2c(C3CCC3)[nH]nc12. The summed E-state index contributed by atoms with van der Waals surface area (Å²) in [6, 6.07) is 5.77. The maximum absolute atomic E-state index is 10.8. The van der Waals surface area contributed by atoms with Crippen molar-refractivity contribution in [3.05, 3.63) is 29.5 Å². The molecule has 0 bridgehead atoms. The first-order valence-corrected chi connectivity index (χ1v) is 5.32. The molecule has 1 aliphatic carbocycles. The van der Waals surface area contributed by atoms with Gasteiger partial charge < -0.3 is 0 Å². The van der Waals surface area contributed by atoms with E-state index >= 15 is 0 Å². The van der Waals surface area contributed by atoms with Crippen molar-refractivity contribution in [2.75, 3.05) is 0 Å². The second-order valence-electron chi connectivity index (χ2n) is 4.13. The molecular formula is C12H12N2O. The summed E-state index contributed by atoms with van der Waals surface area (Å²) in [6.45, 7) is 0. The molecule has 0 atom stereocenters. The van der Waals surface area contributed by atoms with E-state index < -0.39 is 0 Å². The van der Waals surface area contributed by atoms with Crippen LogP contribution in [0.4, 0.5) is 0 Å². The summed E-state index contributed by atoms with van der Waals surface area (Å²) in [6.07, 6.45) is 4.65. The molecule has 0 radical (unpaired) electrons. The van der Waals surface area contributed by atoms with Crippen LogP contribution in [0.5, 0.6) is 0 Å². The van der Waals surface area contributed by atoms with Crippen molar-refractivity contribution in [2.24, 2.45) is 0 Å². The van der Waals surface area contributed by atoms with Gasteiger partial charge in [-0.05, 0) is 18.9 Å². The largest absolute Gasteiger partial charge is 0.298 e. The first-order chi connectivity index (χ1) is 7.40. The molecule has 2 aromatic rings. The van der Waals surface area contributed by atoms with E-state index in [1.165, 1.54) is 25.0 Å². The minimum absolute atomic E-state index is 0.622. The van der Waals surface area contributed by atoms with Crippen LogP contribution in [0.2, 0.25) is 0 Å². The van der Waals surface area contributed by atoms with E-state index in [2.05, 4.69) is 10.2 Å². The second-order valence-corrected chi connectivity index (χ2v) is 4.13. The number of hydrogen-bond donors (Lipinski definition) is 1. The van der Waals surface area contributed by atoms with Crippen LogP contribution in [0.1, 0.15) is 41.2 Å². The summed E-state index contributed by atoms with van der Waals surface area (Å²) in [5, 5.41) is 8.43. The number of para-hydroxylation sites is 1. The zero-order valence-corrected chi connectivity index (χ0v) is 8.36. The van der Waals surface area contributed by atoms with E-state index in [0.717, 1.165) is 17.2 Å². The Hall–Kier alpha value is -1.64. The molecule has 1 fully saturated rings. The molecule has 0 aliphatic heterocycles. The van der Waals surface area contributed by atoms with Gasteiger partial charge in [0.25, 0.3) is 0 Å². The van der Waals surface area contributed by atoms with Crippen molar-refractivity contribution in [2.45, 2.75) is 25.2 Å². The van der Waals surface area contributed by atoms with Crippen LogP contribution >= 0.6 is 0 Å². The average Bonchev–Trinajstić information content (AvgIpc) is 2.59. The molecule has 3 heteroatoms. The van der Waals surface area contributed by atoms with Crippen molar-refractivity contribution >= 4 is 17.2 Å². The van der Waals surface area contributed by atoms with Crippen LogP contribution in [0.25, 0.3) is 10.9 Å². The number of H-pyrrole nitrogens is 1. The highest BCUT2D eigenvalue weighted by Gasteiger charge is 2.23. The summed E-state index contributed by atoms with van der Waals surface area (Å²) in [7, 11) is 0. The molecule has 0 unspecified atom stereocenters. The summed E-state index contributed by atoms with van der Waals surface area (Å²) in [5.41, 5.74) is 2.70. The normalized spacial score (nSPS) is 16.5. The minimum Gasteiger partial charge on any atom is -0.298 e. The number of carbonyl (C=O) groups is 1. The smallest absolute Gasteiger partial charge is 0.152 e. The van der Waals surface area contributed by atoms with Gasteiger partial charge in [0.2, 0.25) is 0 Å². The first-order valence-electron chi connectivity index (χ1n) is 5.32. The fraction of sp³-hybridized carbons (Fsp3) is 0.333. The lowest BCUT2D eigenvalue weighted by Gasteiger charge is -2.24. The summed E-state index contributed by atoms with van der Waals surface area (Å²) < 4.78 is 0. The maximum atomic E-state index is 10.8. The van der Waals surface area contributed by atoms with Gasteiger partial charge in [-0.1, -0.05) is 18.6 Å². The molecule has 1 aromatic heterocycles. The Balaban J connectivity index is 2.20. The van der Waals surface area contributed by atoms with E-state index in [0.29, 0.717) is 11.5 Å². The third kappa shape index (κ3) is 1.19. The third-order valence-corrected chi connectivity index (χ3v) is 3.29.